The van der Waals surface area contributed by atoms with Gasteiger partial charge >= 0.3 is 0 Å². The Morgan fingerprint density at radius 2 is 2.00 bits per heavy atom. The molecule has 0 heterocycles. The first-order valence-electron chi connectivity index (χ1n) is 4.13. The van der Waals surface area contributed by atoms with Crippen LogP contribution in [0.4, 0.5) is 0 Å². The molecule has 0 aromatic rings. The Labute approximate surface area is 80.1 Å². The molecule has 0 spiro atoms. The van der Waals surface area contributed by atoms with E-state index in [4.69, 9.17) is 0 Å². The average Bonchev–Trinajstić information content (AvgIpc) is 2.03. The SMILES string of the molecule is C=C(C)/C=C\C=C/CC(=C)N=NC. The Hall–Kier alpha value is -1.44. The molecule has 0 amide bonds. The molecule has 0 rings (SSSR count). The third-order valence-corrected chi connectivity index (χ3v) is 1.22. The lowest BCUT2D eigenvalue weighted by molar-refractivity contribution is 1.04. The van der Waals surface area contributed by atoms with E-state index in [-0.39, 0.29) is 0 Å². The second-order valence-electron chi connectivity index (χ2n) is 2.70. The highest BCUT2D eigenvalue weighted by molar-refractivity contribution is 5.17. The van der Waals surface area contributed by atoms with Crippen LogP contribution in [0.2, 0.25) is 0 Å². The molecular formula is C11H16N2. The van der Waals surface area contributed by atoms with Crippen molar-refractivity contribution in [1.29, 1.82) is 0 Å². The second kappa shape index (κ2) is 7.22. The van der Waals surface area contributed by atoms with Crippen molar-refractivity contribution in [2.45, 2.75) is 13.3 Å². The van der Waals surface area contributed by atoms with E-state index in [1.165, 1.54) is 0 Å². The van der Waals surface area contributed by atoms with E-state index in [1.807, 2.05) is 31.2 Å². The second-order valence-corrected chi connectivity index (χ2v) is 2.70. The van der Waals surface area contributed by atoms with Crippen molar-refractivity contribution >= 4 is 0 Å². The Bertz CT molecular complexity index is 257. The molecule has 0 aliphatic rings. The molecule has 70 valence electrons. The van der Waals surface area contributed by atoms with Gasteiger partial charge in [-0.05, 0) is 6.92 Å². The molecule has 2 nitrogen and oxygen atoms in total. The number of nitrogens with zero attached hydrogens (tertiary/aromatic N) is 2. The van der Waals surface area contributed by atoms with E-state index in [0.717, 1.165) is 17.7 Å². The van der Waals surface area contributed by atoms with Gasteiger partial charge in [-0.2, -0.15) is 10.2 Å². The van der Waals surface area contributed by atoms with Crippen molar-refractivity contribution in [1.82, 2.24) is 0 Å². The van der Waals surface area contributed by atoms with Crippen LogP contribution in [0.5, 0.6) is 0 Å². The van der Waals surface area contributed by atoms with Crippen LogP contribution >= 0.6 is 0 Å². The maximum Gasteiger partial charge on any atom is 0.0592 e. The predicted octanol–water partition coefficient (Wildman–Crippen LogP) is 3.66. The number of allylic oxidation sites excluding steroid dienone is 5. The van der Waals surface area contributed by atoms with Gasteiger partial charge in [0.2, 0.25) is 0 Å². The van der Waals surface area contributed by atoms with Gasteiger partial charge in [0, 0.05) is 13.5 Å². The summed E-state index contributed by atoms with van der Waals surface area (Å²) in [5.74, 6) is 0. The van der Waals surface area contributed by atoms with Crippen molar-refractivity contribution in [2.75, 3.05) is 7.05 Å². The topological polar surface area (TPSA) is 24.7 Å². The Morgan fingerprint density at radius 3 is 2.54 bits per heavy atom. The fourth-order valence-corrected chi connectivity index (χ4v) is 0.685. The smallest absolute Gasteiger partial charge is 0.0592 e. The molecule has 0 saturated carbocycles. The first-order valence-corrected chi connectivity index (χ1v) is 4.13. The van der Waals surface area contributed by atoms with Crippen molar-refractivity contribution in [3.05, 3.63) is 48.7 Å². The number of rotatable bonds is 5. The first kappa shape index (κ1) is 11.6. The molecule has 13 heavy (non-hydrogen) atoms. The lowest BCUT2D eigenvalue weighted by atomic mass is 10.3. The van der Waals surface area contributed by atoms with Crippen LogP contribution in [0.15, 0.2) is 59.0 Å². The molecule has 0 fully saturated rings. The Balaban J connectivity index is 3.76. The monoisotopic (exact) mass is 176 g/mol. The number of hydrogen-bond acceptors (Lipinski definition) is 2. The molecule has 0 atom stereocenters. The summed E-state index contributed by atoms with van der Waals surface area (Å²) in [6, 6.07) is 0. The molecular weight excluding hydrogens is 160 g/mol. The largest absolute Gasteiger partial charge is 0.192 e. The summed E-state index contributed by atoms with van der Waals surface area (Å²) in [5, 5.41) is 7.42. The number of azo groups is 1. The van der Waals surface area contributed by atoms with Gasteiger partial charge in [0.1, 0.15) is 0 Å². The summed E-state index contributed by atoms with van der Waals surface area (Å²) in [5.41, 5.74) is 1.80. The molecule has 0 N–H and O–H groups in total. The molecule has 0 bridgehead atoms. The van der Waals surface area contributed by atoms with Gasteiger partial charge in [0.05, 0.1) is 5.70 Å². The quantitative estimate of drug-likeness (QED) is 0.451. The predicted molar refractivity (Wildman–Crippen MR) is 57.6 cm³/mol. The van der Waals surface area contributed by atoms with Crippen molar-refractivity contribution in [3.63, 3.8) is 0 Å². The zero-order chi connectivity index (χ0) is 10.1. The van der Waals surface area contributed by atoms with Crippen molar-refractivity contribution < 1.29 is 0 Å². The van der Waals surface area contributed by atoms with Crippen molar-refractivity contribution in [2.24, 2.45) is 10.2 Å². The highest BCUT2D eigenvalue weighted by atomic mass is 15.1. The van der Waals surface area contributed by atoms with Crippen LogP contribution in [0.25, 0.3) is 0 Å². The van der Waals surface area contributed by atoms with Crippen LogP contribution < -0.4 is 0 Å². The zero-order valence-corrected chi connectivity index (χ0v) is 8.33. The third kappa shape index (κ3) is 8.47. The van der Waals surface area contributed by atoms with Gasteiger partial charge in [-0.3, -0.25) is 0 Å². The molecule has 2 heteroatoms. The molecule has 0 unspecified atom stereocenters. The minimum atomic E-state index is 0.734. The highest BCUT2D eigenvalue weighted by Crippen LogP contribution is 2.01. The van der Waals surface area contributed by atoms with Crippen LogP contribution in [0.3, 0.4) is 0 Å². The van der Waals surface area contributed by atoms with Crippen molar-refractivity contribution in [3.8, 4) is 0 Å². The standard InChI is InChI=1S/C11H16N2/c1-10(2)8-6-5-7-9-11(3)13-12-4/h5-8H,1,3,9H2,2,4H3/b7-5-,8-6-,13-12?. The van der Waals surface area contributed by atoms with Crippen LogP contribution in [0.1, 0.15) is 13.3 Å². The molecule has 0 radical (unpaired) electrons. The fourth-order valence-electron chi connectivity index (χ4n) is 0.685. The normalized spacial score (nSPS) is 11.8. The van der Waals surface area contributed by atoms with E-state index in [9.17, 15) is 0 Å². The summed E-state index contributed by atoms with van der Waals surface area (Å²) in [7, 11) is 1.63. The van der Waals surface area contributed by atoms with Crippen LogP contribution in [0, 0.1) is 0 Å². The molecule has 0 saturated heterocycles. The summed E-state index contributed by atoms with van der Waals surface area (Å²) in [4.78, 5) is 0. The minimum absolute atomic E-state index is 0.734. The Kier molecular flexibility index (Phi) is 6.42. The van der Waals surface area contributed by atoms with E-state index >= 15 is 0 Å². The van der Waals surface area contributed by atoms with Gasteiger partial charge in [-0.25, -0.2) is 0 Å². The minimum Gasteiger partial charge on any atom is -0.192 e. The van der Waals surface area contributed by atoms with Crippen LogP contribution in [-0.4, -0.2) is 7.05 Å². The fraction of sp³-hybridized carbons (Fsp3) is 0.273. The molecule has 0 aromatic heterocycles. The molecule has 0 aromatic carbocycles. The zero-order valence-electron chi connectivity index (χ0n) is 8.33. The Morgan fingerprint density at radius 1 is 1.31 bits per heavy atom. The molecule has 0 aliphatic carbocycles. The molecule has 0 aliphatic heterocycles. The summed E-state index contributed by atoms with van der Waals surface area (Å²) < 4.78 is 0. The van der Waals surface area contributed by atoms with E-state index < -0.39 is 0 Å². The van der Waals surface area contributed by atoms with Gasteiger partial charge < -0.3 is 0 Å². The highest BCUT2D eigenvalue weighted by Gasteiger charge is 1.83. The first-order chi connectivity index (χ1) is 6.16. The van der Waals surface area contributed by atoms with Crippen LogP contribution in [-0.2, 0) is 0 Å². The third-order valence-electron chi connectivity index (χ3n) is 1.22. The van der Waals surface area contributed by atoms with E-state index in [2.05, 4.69) is 23.4 Å². The maximum absolute atomic E-state index is 3.79. The van der Waals surface area contributed by atoms with Gasteiger partial charge in [0.15, 0.2) is 0 Å². The van der Waals surface area contributed by atoms with Gasteiger partial charge in [0.25, 0.3) is 0 Å². The summed E-state index contributed by atoms with van der Waals surface area (Å²) >= 11 is 0. The van der Waals surface area contributed by atoms with Gasteiger partial charge in [-0.15, -0.1) is 0 Å². The summed E-state index contributed by atoms with van der Waals surface area (Å²) in [6.45, 7) is 9.42. The lowest BCUT2D eigenvalue weighted by Gasteiger charge is -1.88. The number of hydrogen-bond donors (Lipinski definition) is 0. The lowest BCUT2D eigenvalue weighted by Crippen LogP contribution is -1.69. The van der Waals surface area contributed by atoms with E-state index in [1.54, 1.807) is 7.05 Å². The van der Waals surface area contributed by atoms with E-state index in [0.29, 0.717) is 0 Å². The maximum atomic E-state index is 3.79. The van der Waals surface area contributed by atoms with Gasteiger partial charge in [-0.1, -0.05) is 43.0 Å². The average molecular weight is 176 g/mol. The summed E-state index contributed by atoms with van der Waals surface area (Å²) in [6.07, 6.45) is 8.55.